The van der Waals surface area contributed by atoms with Crippen molar-refractivity contribution in [2.24, 2.45) is 11.8 Å². The maximum atomic E-state index is 11.7. The van der Waals surface area contributed by atoms with E-state index in [-0.39, 0.29) is 18.6 Å². The molecule has 92 valence electrons. The Balaban J connectivity index is 1.91. The summed E-state index contributed by atoms with van der Waals surface area (Å²) < 4.78 is 4.89. The molecule has 1 saturated carbocycles. The van der Waals surface area contributed by atoms with Gasteiger partial charge in [-0.25, -0.2) is 0 Å². The molecule has 0 aromatic rings. The van der Waals surface area contributed by atoms with Gasteiger partial charge in [0.2, 0.25) is 0 Å². The Kier molecular flexibility index (Phi) is 3.82. The molecule has 0 aromatic carbocycles. The van der Waals surface area contributed by atoms with E-state index in [1.165, 1.54) is 7.11 Å². The maximum absolute atomic E-state index is 11.7. The summed E-state index contributed by atoms with van der Waals surface area (Å²) in [6.45, 7) is 2.11. The van der Waals surface area contributed by atoms with E-state index in [1.54, 1.807) is 0 Å². The smallest absolute Gasteiger partial charge is 0.323 e. The zero-order chi connectivity index (χ0) is 11.5. The van der Waals surface area contributed by atoms with Gasteiger partial charge in [-0.1, -0.05) is 0 Å². The molecule has 1 atom stereocenters. The summed E-state index contributed by atoms with van der Waals surface area (Å²) in [6.07, 6.45) is 4.30. The summed E-state index contributed by atoms with van der Waals surface area (Å²) in [5.74, 6) is 0.858. The van der Waals surface area contributed by atoms with Crippen LogP contribution in [0.2, 0.25) is 0 Å². The van der Waals surface area contributed by atoms with Gasteiger partial charge in [-0.2, -0.15) is 0 Å². The van der Waals surface area contributed by atoms with Crippen molar-refractivity contribution < 1.29 is 14.6 Å². The summed E-state index contributed by atoms with van der Waals surface area (Å²) in [4.78, 5) is 14.0. The van der Waals surface area contributed by atoms with E-state index in [9.17, 15) is 4.79 Å². The van der Waals surface area contributed by atoms with Crippen LogP contribution in [0.15, 0.2) is 0 Å². The molecule has 0 aromatic heterocycles. The number of likely N-dealkylation sites (tertiary alicyclic amines) is 1. The van der Waals surface area contributed by atoms with Crippen molar-refractivity contribution in [2.75, 3.05) is 26.8 Å². The highest BCUT2D eigenvalue weighted by atomic mass is 16.5. The van der Waals surface area contributed by atoms with Crippen LogP contribution in [0.3, 0.4) is 0 Å². The summed E-state index contributed by atoms with van der Waals surface area (Å²) >= 11 is 0. The van der Waals surface area contributed by atoms with Crippen LogP contribution in [0.25, 0.3) is 0 Å². The third kappa shape index (κ3) is 2.55. The van der Waals surface area contributed by atoms with Crippen LogP contribution < -0.4 is 0 Å². The fourth-order valence-corrected chi connectivity index (χ4v) is 2.59. The summed E-state index contributed by atoms with van der Waals surface area (Å²) in [5.41, 5.74) is 0. The standard InChI is InChI=1S/C12H21NO3/c1-16-12(15)11(10-2-3-10)13-6-4-9(8-14)5-7-13/h9-11,14H,2-8H2,1H3. The van der Waals surface area contributed by atoms with Crippen molar-refractivity contribution in [1.82, 2.24) is 4.90 Å². The average Bonchev–Trinajstić information content (AvgIpc) is 3.14. The quantitative estimate of drug-likeness (QED) is 0.716. The van der Waals surface area contributed by atoms with Crippen LogP contribution >= 0.6 is 0 Å². The minimum absolute atomic E-state index is 0.0235. The second-order valence-electron chi connectivity index (χ2n) is 4.97. The highest BCUT2D eigenvalue weighted by molar-refractivity contribution is 5.76. The Labute approximate surface area is 96.6 Å². The fraction of sp³-hybridized carbons (Fsp3) is 0.917. The highest BCUT2D eigenvalue weighted by Crippen LogP contribution is 2.37. The molecule has 2 aliphatic rings. The van der Waals surface area contributed by atoms with Gasteiger partial charge < -0.3 is 9.84 Å². The van der Waals surface area contributed by atoms with Crippen LogP contribution in [-0.2, 0) is 9.53 Å². The highest BCUT2D eigenvalue weighted by Gasteiger charge is 2.41. The Morgan fingerprint density at radius 3 is 2.44 bits per heavy atom. The number of hydrogen-bond acceptors (Lipinski definition) is 4. The van der Waals surface area contributed by atoms with Crippen LogP contribution in [0.1, 0.15) is 25.7 Å². The SMILES string of the molecule is COC(=O)C(C1CC1)N1CCC(CO)CC1. The molecular formula is C12H21NO3. The predicted octanol–water partition coefficient (Wildman–Crippen LogP) is 0.642. The molecule has 2 fully saturated rings. The first-order chi connectivity index (χ1) is 7.76. The van der Waals surface area contributed by atoms with Crippen LogP contribution in [0.4, 0.5) is 0 Å². The molecule has 4 heteroatoms. The maximum Gasteiger partial charge on any atom is 0.323 e. The molecular weight excluding hydrogens is 206 g/mol. The molecule has 1 N–H and O–H groups in total. The summed E-state index contributed by atoms with van der Waals surface area (Å²) in [7, 11) is 1.47. The average molecular weight is 227 g/mol. The largest absolute Gasteiger partial charge is 0.468 e. The van der Waals surface area contributed by atoms with E-state index in [0.717, 1.165) is 38.8 Å². The molecule has 2 rings (SSSR count). The number of piperidine rings is 1. The zero-order valence-electron chi connectivity index (χ0n) is 9.89. The van der Waals surface area contributed by atoms with E-state index in [1.807, 2.05) is 0 Å². The van der Waals surface area contributed by atoms with Crippen LogP contribution in [-0.4, -0.2) is 48.8 Å². The second-order valence-corrected chi connectivity index (χ2v) is 4.97. The van der Waals surface area contributed by atoms with Gasteiger partial charge in [0, 0.05) is 6.61 Å². The number of carbonyl (C=O) groups excluding carboxylic acids is 1. The third-order valence-electron chi connectivity index (χ3n) is 3.81. The number of hydrogen-bond donors (Lipinski definition) is 1. The molecule has 0 amide bonds. The molecule has 1 unspecified atom stereocenters. The van der Waals surface area contributed by atoms with Crippen molar-refractivity contribution in [1.29, 1.82) is 0 Å². The predicted molar refractivity (Wildman–Crippen MR) is 59.9 cm³/mol. The lowest BCUT2D eigenvalue weighted by Crippen LogP contribution is -2.47. The summed E-state index contributed by atoms with van der Waals surface area (Å²) in [5, 5.41) is 9.08. The monoisotopic (exact) mass is 227 g/mol. The van der Waals surface area contributed by atoms with E-state index in [0.29, 0.717) is 11.8 Å². The minimum atomic E-state index is -0.0788. The molecule has 4 nitrogen and oxygen atoms in total. The molecule has 0 spiro atoms. The number of nitrogens with zero attached hydrogens (tertiary/aromatic N) is 1. The molecule has 1 aliphatic carbocycles. The number of aliphatic hydroxyl groups is 1. The zero-order valence-corrected chi connectivity index (χ0v) is 9.89. The lowest BCUT2D eigenvalue weighted by molar-refractivity contribution is -0.148. The van der Waals surface area contributed by atoms with Gasteiger partial charge in [0.1, 0.15) is 6.04 Å². The molecule has 16 heavy (non-hydrogen) atoms. The fourth-order valence-electron chi connectivity index (χ4n) is 2.59. The number of carbonyl (C=O) groups is 1. The Morgan fingerprint density at radius 1 is 1.38 bits per heavy atom. The van der Waals surface area contributed by atoms with Gasteiger partial charge in [-0.3, -0.25) is 9.69 Å². The Hall–Kier alpha value is -0.610. The van der Waals surface area contributed by atoms with Gasteiger partial charge in [-0.15, -0.1) is 0 Å². The Bertz CT molecular complexity index is 245. The van der Waals surface area contributed by atoms with Crippen LogP contribution in [0.5, 0.6) is 0 Å². The third-order valence-corrected chi connectivity index (χ3v) is 3.81. The number of ether oxygens (including phenoxy) is 1. The van der Waals surface area contributed by atoms with Crippen molar-refractivity contribution in [2.45, 2.75) is 31.7 Å². The van der Waals surface area contributed by atoms with Gasteiger partial charge in [0.15, 0.2) is 0 Å². The minimum Gasteiger partial charge on any atom is -0.468 e. The van der Waals surface area contributed by atoms with Crippen LogP contribution in [0, 0.1) is 11.8 Å². The molecule has 0 radical (unpaired) electrons. The van der Waals surface area contributed by atoms with Crippen molar-refractivity contribution in [3.8, 4) is 0 Å². The lowest BCUT2D eigenvalue weighted by atomic mass is 9.96. The van der Waals surface area contributed by atoms with Gasteiger partial charge in [0.25, 0.3) is 0 Å². The summed E-state index contributed by atoms with van der Waals surface area (Å²) in [6, 6.07) is -0.0235. The lowest BCUT2D eigenvalue weighted by Gasteiger charge is -2.35. The van der Waals surface area contributed by atoms with Gasteiger partial charge >= 0.3 is 5.97 Å². The van der Waals surface area contributed by atoms with Crippen molar-refractivity contribution in [3.63, 3.8) is 0 Å². The van der Waals surface area contributed by atoms with E-state index in [4.69, 9.17) is 9.84 Å². The molecule has 1 saturated heterocycles. The van der Waals surface area contributed by atoms with E-state index >= 15 is 0 Å². The van der Waals surface area contributed by atoms with E-state index < -0.39 is 0 Å². The normalized spacial score (nSPS) is 25.4. The van der Waals surface area contributed by atoms with Gasteiger partial charge in [0.05, 0.1) is 7.11 Å². The number of rotatable bonds is 4. The number of methoxy groups -OCH3 is 1. The molecule has 1 aliphatic heterocycles. The van der Waals surface area contributed by atoms with Crippen molar-refractivity contribution in [3.05, 3.63) is 0 Å². The Morgan fingerprint density at radius 2 is 2.00 bits per heavy atom. The number of esters is 1. The molecule has 0 bridgehead atoms. The number of aliphatic hydroxyl groups excluding tert-OH is 1. The first-order valence-electron chi connectivity index (χ1n) is 6.19. The van der Waals surface area contributed by atoms with Gasteiger partial charge in [-0.05, 0) is 50.6 Å². The van der Waals surface area contributed by atoms with Crippen molar-refractivity contribution >= 4 is 5.97 Å². The topological polar surface area (TPSA) is 49.8 Å². The molecule has 1 heterocycles. The second kappa shape index (κ2) is 5.15. The first kappa shape index (κ1) is 11.9. The first-order valence-corrected chi connectivity index (χ1v) is 6.19. The van der Waals surface area contributed by atoms with E-state index in [2.05, 4.69) is 4.90 Å².